The Morgan fingerprint density at radius 2 is 1.50 bits per heavy atom. The van der Waals surface area contributed by atoms with E-state index in [1.807, 2.05) is 86.6 Å². The van der Waals surface area contributed by atoms with Gasteiger partial charge < -0.3 is 14.4 Å². The molecule has 46 heavy (non-hydrogen) atoms. The second kappa shape index (κ2) is 13.4. The number of pyridine rings is 2. The fourth-order valence-electron chi connectivity index (χ4n) is 5.63. The van der Waals surface area contributed by atoms with Crippen LogP contribution in [-0.4, -0.2) is 9.97 Å². The normalized spacial score (nSPS) is 12.4. The molecule has 0 amide bonds. The number of hydrogen-bond donors (Lipinski definition) is 0. The van der Waals surface area contributed by atoms with E-state index in [4.69, 9.17) is 8.53 Å². The van der Waals surface area contributed by atoms with Crippen molar-refractivity contribution < 1.29 is 28.6 Å². The molecule has 0 fully saturated rings. The van der Waals surface area contributed by atoms with E-state index in [0.717, 1.165) is 71.6 Å². The molecule has 3 aromatic heterocycles. The number of hydrogen-bond acceptors (Lipinski definition) is 3. The van der Waals surface area contributed by atoms with Crippen LogP contribution in [0.25, 0.3) is 66.0 Å². The Hall–Kier alpha value is -4.63. The van der Waals surface area contributed by atoms with Gasteiger partial charge in [0.1, 0.15) is 5.58 Å². The Morgan fingerprint density at radius 1 is 0.696 bits per heavy atom. The van der Waals surface area contributed by atoms with Gasteiger partial charge in [-0.05, 0) is 52.3 Å². The van der Waals surface area contributed by atoms with E-state index in [9.17, 15) is 0 Å². The third-order valence-electron chi connectivity index (χ3n) is 8.16. The molecule has 5 aromatic carbocycles. The molecule has 4 heteroatoms. The zero-order chi connectivity index (χ0) is 33.6. The first-order chi connectivity index (χ1) is 23.1. The van der Waals surface area contributed by atoms with Crippen molar-refractivity contribution in [2.75, 3.05) is 0 Å². The van der Waals surface area contributed by atoms with Crippen LogP contribution in [0.4, 0.5) is 0 Å². The van der Waals surface area contributed by atoms with Gasteiger partial charge in [0, 0.05) is 39.3 Å². The predicted octanol–water partition coefficient (Wildman–Crippen LogP) is 11.5. The summed E-state index contributed by atoms with van der Waals surface area (Å²) in [7, 11) is 0. The first-order valence-electron chi connectivity index (χ1n) is 16.7. The van der Waals surface area contributed by atoms with Gasteiger partial charge in [-0.1, -0.05) is 122 Å². The Labute approximate surface area is 287 Å². The molecular formula is C42H34IrN2O-2. The van der Waals surface area contributed by atoms with Crippen LogP contribution in [0.3, 0.4) is 0 Å². The van der Waals surface area contributed by atoms with Crippen LogP contribution < -0.4 is 0 Å². The molecule has 0 atom stereocenters. The molecule has 0 bridgehead atoms. The predicted molar refractivity (Wildman–Crippen MR) is 187 cm³/mol. The van der Waals surface area contributed by atoms with Crippen molar-refractivity contribution in [2.24, 2.45) is 0 Å². The van der Waals surface area contributed by atoms with Crippen LogP contribution in [0.1, 0.15) is 54.7 Å². The van der Waals surface area contributed by atoms with Gasteiger partial charge in [-0.25, -0.2) is 0 Å². The van der Waals surface area contributed by atoms with Gasteiger partial charge >= 0.3 is 0 Å². The van der Waals surface area contributed by atoms with Gasteiger partial charge in [0.2, 0.25) is 0 Å². The molecule has 0 aliphatic heterocycles. The van der Waals surface area contributed by atoms with Crippen LogP contribution in [0.2, 0.25) is 0 Å². The average Bonchev–Trinajstić information content (AvgIpc) is 3.49. The zero-order valence-corrected chi connectivity index (χ0v) is 28.5. The minimum Gasteiger partial charge on any atom is -0.501 e. The van der Waals surface area contributed by atoms with E-state index in [2.05, 4.69) is 60.2 Å². The van der Waals surface area contributed by atoms with E-state index in [1.165, 1.54) is 5.56 Å². The molecule has 1 radical (unpaired) electrons. The summed E-state index contributed by atoms with van der Waals surface area (Å²) >= 11 is 0. The van der Waals surface area contributed by atoms with Crippen molar-refractivity contribution in [3.63, 3.8) is 0 Å². The molecule has 0 saturated heterocycles. The third-order valence-corrected chi connectivity index (χ3v) is 8.16. The van der Waals surface area contributed by atoms with E-state index in [0.29, 0.717) is 5.92 Å². The van der Waals surface area contributed by atoms with Crippen molar-refractivity contribution >= 4 is 43.5 Å². The van der Waals surface area contributed by atoms with E-state index in [-0.39, 0.29) is 32.2 Å². The van der Waals surface area contributed by atoms with E-state index < -0.39 is 5.89 Å². The van der Waals surface area contributed by atoms with Gasteiger partial charge in [0.25, 0.3) is 0 Å². The maximum atomic E-state index is 8.42. The number of fused-ring (bicyclic) bond motifs is 6. The SMILES string of the molecule is CC(C)c1ccc2c(c1)oc1c(-c3ccccn3)[c-]ccc12.[2H]c1c([2H])c2ccccc2c2c[c-]c(-c3cc(C([2H])(C)C)ccn3)cc12.[Ir]. The van der Waals surface area contributed by atoms with Gasteiger partial charge in [-0.3, -0.25) is 0 Å². The number of furan rings is 1. The first kappa shape index (κ1) is 27.7. The van der Waals surface area contributed by atoms with Gasteiger partial charge in [0.15, 0.2) is 0 Å². The summed E-state index contributed by atoms with van der Waals surface area (Å²) in [6.07, 6.45) is 3.50. The average molecular weight is 778 g/mol. The zero-order valence-electron chi connectivity index (χ0n) is 29.1. The fourth-order valence-corrected chi connectivity index (χ4v) is 5.63. The van der Waals surface area contributed by atoms with Crippen LogP contribution in [0.5, 0.6) is 0 Å². The van der Waals surface area contributed by atoms with Crippen molar-refractivity contribution in [2.45, 2.75) is 39.5 Å². The molecule has 0 saturated carbocycles. The molecule has 0 N–H and O–H groups in total. The smallest absolute Gasteiger partial charge is 0.121 e. The Kier molecular flexibility index (Phi) is 8.05. The maximum absolute atomic E-state index is 8.42. The molecule has 0 aliphatic rings. The van der Waals surface area contributed by atoms with Crippen LogP contribution in [-0.2, 0) is 20.1 Å². The molecule has 8 aromatic rings. The van der Waals surface area contributed by atoms with Crippen LogP contribution >= 0.6 is 0 Å². The van der Waals surface area contributed by atoms with Crippen LogP contribution in [0, 0.1) is 12.1 Å². The molecule has 0 spiro atoms. The first-order valence-corrected chi connectivity index (χ1v) is 15.2. The molecule has 3 nitrogen and oxygen atoms in total. The van der Waals surface area contributed by atoms with Crippen molar-refractivity contribution in [3.05, 3.63) is 145 Å². The summed E-state index contributed by atoms with van der Waals surface area (Å²) in [6.45, 7) is 8.07. The summed E-state index contributed by atoms with van der Waals surface area (Å²) in [6, 6.07) is 38.5. The monoisotopic (exact) mass is 778 g/mol. The third kappa shape index (κ3) is 6.11. The second-order valence-corrected chi connectivity index (χ2v) is 11.7. The largest absolute Gasteiger partial charge is 0.501 e. The second-order valence-electron chi connectivity index (χ2n) is 11.7. The summed E-state index contributed by atoms with van der Waals surface area (Å²) < 4.78 is 31.1. The van der Waals surface area contributed by atoms with Crippen molar-refractivity contribution in [3.8, 4) is 22.5 Å². The minimum atomic E-state index is -0.709. The quantitative estimate of drug-likeness (QED) is 0.132. The summed E-state index contributed by atoms with van der Waals surface area (Å²) in [4.78, 5) is 8.85. The minimum absolute atomic E-state index is 0. The molecular weight excluding hydrogens is 741 g/mol. The molecule has 0 aliphatic carbocycles. The Balaban J connectivity index is 0.000000169. The Morgan fingerprint density at radius 3 is 2.30 bits per heavy atom. The van der Waals surface area contributed by atoms with Gasteiger partial charge in [-0.2, -0.15) is 0 Å². The molecule has 229 valence electrons. The number of benzene rings is 5. The van der Waals surface area contributed by atoms with Gasteiger partial charge in [-0.15, -0.1) is 47.3 Å². The van der Waals surface area contributed by atoms with E-state index >= 15 is 0 Å². The van der Waals surface area contributed by atoms with Crippen molar-refractivity contribution in [1.29, 1.82) is 0 Å². The number of rotatable bonds is 4. The molecule has 8 rings (SSSR count). The number of nitrogens with zero attached hydrogens (tertiary/aromatic N) is 2. The summed E-state index contributed by atoms with van der Waals surface area (Å²) in [5, 5.41) is 5.64. The fraction of sp³-hybridized carbons (Fsp3) is 0.143. The van der Waals surface area contributed by atoms with Gasteiger partial charge in [0.05, 0.1) is 8.32 Å². The topological polar surface area (TPSA) is 38.9 Å². The maximum Gasteiger partial charge on any atom is 0.121 e. The number of aromatic nitrogens is 2. The summed E-state index contributed by atoms with van der Waals surface area (Å²) in [5.41, 5.74) is 7.25. The Bertz CT molecular complexity index is 2450. The molecule has 0 unspecified atom stereocenters. The molecule has 3 heterocycles. The van der Waals surface area contributed by atoms with Crippen LogP contribution in [0.15, 0.2) is 126 Å². The summed E-state index contributed by atoms with van der Waals surface area (Å²) in [5.74, 6) is -0.223. The standard InChI is InChI=1S/C22H18N.C20H16NO.Ir/c1-15(2)17-11-12-23-22(14-17)19-9-10-21-18(13-19)8-7-16-5-3-4-6-20(16)21;1-13(2)14-9-10-15-16-6-5-7-17(18-8-3-4-11-21-18)20(16)22-19(15)12-14;/h3-8,10-15H,1-2H3;3-6,8-13H,1-2H3;/q2*-1;/i7D,8D,15D;;. The van der Waals surface area contributed by atoms with Crippen molar-refractivity contribution in [1.82, 2.24) is 9.97 Å². The van der Waals surface area contributed by atoms with E-state index in [1.54, 1.807) is 12.4 Å².